The van der Waals surface area contributed by atoms with E-state index in [1.165, 1.54) is 0 Å². The Bertz CT molecular complexity index is 954. The Morgan fingerprint density at radius 1 is 0.893 bits per heavy atom. The van der Waals surface area contributed by atoms with E-state index in [-0.39, 0.29) is 12.5 Å². The molecule has 0 aromatic heterocycles. The summed E-state index contributed by atoms with van der Waals surface area (Å²) in [5, 5.41) is 2.23. The van der Waals surface area contributed by atoms with Crippen LogP contribution in [0.2, 0.25) is 0 Å². The van der Waals surface area contributed by atoms with Crippen molar-refractivity contribution < 1.29 is 19.0 Å². The van der Waals surface area contributed by atoms with Crippen LogP contribution in [0.25, 0.3) is 10.8 Å². The van der Waals surface area contributed by atoms with Gasteiger partial charge in [0.2, 0.25) is 0 Å². The molecule has 0 heterocycles. The van der Waals surface area contributed by atoms with Gasteiger partial charge in [0.15, 0.2) is 18.1 Å². The fourth-order valence-electron chi connectivity index (χ4n) is 3.07. The van der Waals surface area contributed by atoms with Gasteiger partial charge in [0, 0.05) is 13.1 Å². The Morgan fingerprint density at radius 3 is 2.36 bits per heavy atom. The standard InChI is InChI=1S/C23H25NO4/c1-4-24(15-17-9-12-21(26-2)22(13-17)27-3)23(25)16-28-20-11-10-18-7-5-6-8-19(18)14-20/h5-14H,4,15-16H2,1-3H3. The topological polar surface area (TPSA) is 48.0 Å². The lowest BCUT2D eigenvalue weighted by molar-refractivity contribution is -0.133. The summed E-state index contributed by atoms with van der Waals surface area (Å²) in [6.45, 7) is 3.03. The minimum Gasteiger partial charge on any atom is -0.493 e. The second-order valence-corrected chi connectivity index (χ2v) is 6.39. The second-order valence-electron chi connectivity index (χ2n) is 6.39. The van der Waals surface area contributed by atoms with Crippen LogP contribution in [-0.4, -0.2) is 38.2 Å². The van der Waals surface area contributed by atoms with Gasteiger partial charge in [-0.1, -0.05) is 36.4 Å². The van der Waals surface area contributed by atoms with Crippen molar-refractivity contribution >= 4 is 16.7 Å². The smallest absolute Gasteiger partial charge is 0.260 e. The largest absolute Gasteiger partial charge is 0.493 e. The summed E-state index contributed by atoms with van der Waals surface area (Å²) >= 11 is 0. The summed E-state index contributed by atoms with van der Waals surface area (Å²) in [7, 11) is 3.20. The number of ether oxygens (including phenoxy) is 3. The summed E-state index contributed by atoms with van der Waals surface area (Å²) < 4.78 is 16.3. The van der Waals surface area contributed by atoms with E-state index in [4.69, 9.17) is 14.2 Å². The van der Waals surface area contributed by atoms with Gasteiger partial charge in [-0.15, -0.1) is 0 Å². The van der Waals surface area contributed by atoms with Crippen molar-refractivity contribution in [1.29, 1.82) is 0 Å². The predicted octanol–water partition coefficient (Wildman–Crippen LogP) is 4.28. The highest BCUT2D eigenvalue weighted by molar-refractivity contribution is 5.84. The average Bonchev–Trinajstić information content (AvgIpc) is 2.75. The van der Waals surface area contributed by atoms with Crippen molar-refractivity contribution in [2.24, 2.45) is 0 Å². The molecule has 0 radical (unpaired) electrons. The number of methoxy groups -OCH3 is 2. The molecule has 0 unspecified atom stereocenters. The van der Waals surface area contributed by atoms with E-state index in [2.05, 4.69) is 0 Å². The Hall–Kier alpha value is -3.21. The van der Waals surface area contributed by atoms with Gasteiger partial charge in [0.25, 0.3) is 5.91 Å². The molecule has 3 aromatic carbocycles. The van der Waals surface area contributed by atoms with E-state index in [0.29, 0.717) is 30.3 Å². The monoisotopic (exact) mass is 379 g/mol. The summed E-state index contributed by atoms with van der Waals surface area (Å²) in [6, 6.07) is 19.6. The zero-order valence-corrected chi connectivity index (χ0v) is 16.5. The van der Waals surface area contributed by atoms with Crippen molar-refractivity contribution in [2.75, 3.05) is 27.4 Å². The van der Waals surface area contributed by atoms with E-state index in [0.717, 1.165) is 16.3 Å². The van der Waals surface area contributed by atoms with Gasteiger partial charge in [-0.05, 0) is 47.5 Å². The fraction of sp³-hybridized carbons (Fsp3) is 0.261. The number of amides is 1. The van der Waals surface area contributed by atoms with Gasteiger partial charge in [-0.25, -0.2) is 0 Å². The number of rotatable bonds is 8. The second kappa shape index (κ2) is 9.13. The van der Waals surface area contributed by atoms with Crippen LogP contribution in [0.15, 0.2) is 60.7 Å². The minimum atomic E-state index is -0.0644. The van der Waals surface area contributed by atoms with Crippen LogP contribution in [0.3, 0.4) is 0 Å². The van der Waals surface area contributed by atoms with Crippen molar-refractivity contribution in [3.05, 3.63) is 66.2 Å². The van der Waals surface area contributed by atoms with Crippen LogP contribution in [0.5, 0.6) is 17.2 Å². The molecular weight excluding hydrogens is 354 g/mol. The first-order valence-corrected chi connectivity index (χ1v) is 9.25. The molecule has 0 aliphatic heterocycles. The van der Waals surface area contributed by atoms with Gasteiger partial charge in [-0.3, -0.25) is 4.79 Å². The number of benzene rings is 3. The van der Waals surface area contributed by atoms with Crippen molar-refractivity contribution in [3.63, 3.8) is 0 Å². The molecule has 0 saturated carbocycles. The van der Waals surface area contributed by atoms with Crippen molar-refractivity contribution in [2.45, 2.75) is 13.5 Å². The van der Waals surface area contributed by atoms with E-state index < -0.39 is 0 Å². The number of nitrogens with zero attached hydrogens (tertiary/aromatic N) is 1. The van der Waals surface area contributed by atoms with E-state index in [1.54, 1.807) is 19.1 Å². The lowest BCUT2D eigenvalue weighted by Gasteiger charge is -2.22. The van der Waals surface area contributed by atoms with Gasteiger partial charge >= 0.3 is 0 Å². The highest BCUT2D eigenvalue weighted by Crippen LogP contribution is 2.28. The van der Waals surface area contributed by atoms with Crippen molar-refractivity contribution in [3.8, 4) is 17.2 Å². The number of fused-ring (bicyclic) bond motifs is 1. The molecule has 0 bridgehead atoms. The third-order valence-electron chi connectivity index (χ3n) is 4.64. The maximum atomic E-state index is 12.6. The highest BCUT2D eigenvalue weighted by Gasteiger charge is 2.14. The van der Waals surface area contributed by atoms with Crippen LogP contribution < -0.4 is 14.2 Å². The first-order valence-electron chi connectivity index (χ1n) is 9.25. The first kappa shape index (κ1) is 19.5. The third-order valence-corrected chi connectivity index (χ3v) is 4.64. The number of carbonyl (C=O) groups is 1. The fourth-order valence-corrected chi connectivity index (χ4v) is 3.07. The van der Waals surface area contributed by atoms with Crippen LogP contribution in [0, 0.1) is 0 Å². The molecule has 5 heteroatoms. The van der Waals surface area contributed by atoms with Gasteiger partial charge in [0.05, 0.1) is 14.2 Å². The van der Waals surface area contributed by atoms with Gasteiger partial charge in [0.1, 0.15) is 5.75 Å². The number of hydrogen-bond acceptors (Lipinski definition) is 4. The lowest BCUT2D eigenvalue weighted by atomic mass is 10.1. The molecule has 0 aliphatic rings. The summed E-state index contributed by atoms with van der Waals surface area (Å²) in [6.07, 6.45) is 0. The Morgan fingerprint density at radius 2 is 1.64 bits per heavy atom. The zero-order chi connectivity index (χ0) is 19.9. The van der Waals surface area contributed by atoms with Crippen LogP contribution in [0.4, 0.5) is 0 Å². The summed E-state index contributed by atoms with van der Waals surface area (Å²) in [5.41, 5.74) is 0.971. The molecule has 1 amide bonds. The average molecular weight is 379 g/mol. The number of likely N-dealkylation sites (N-methyl/N-ethyl adjacent to an activating group) is 1. The molecule has 0 atom stereocenters. The molecule has 146 valence electrons. The highest BCUT2D eigenvalue weighted by atomic mass is 16.5. The van der Waals surface area contributed by atoms with Crippen LogP contribution in [-0.2, 0) is 11.3 Å². The zero-order valence-electron chi connectivity index (χ0n) is 16.5. The van der Waals surface area contributed by atoms with E-state index in [9.17, 15) is 4.79 Å². The SMILES string of the molecule is CCN(Cc1ccc(OC)c(OC)c1)C(=O)COc1ccc2ccccc2c1. The van der Waals surface area contributed by atoms with E-state index in [1.807, 2.05) is 67.6 Å². The normalized spacial score (nSPS) is 10.5. The van der Waals surface area contributed by atoms with Crippen LogP contribution in [0.1, 0.15) is 12.5 Å². The molecule has 3 rings (SSSR count). The maximum absolute atomic E-state index is 12.6. The molecular formula is C23H25NO4. The molecule has 5 nitrogen and oxygen atoms in total. The van der Waals surface area contributed by atoms with Crippen molar-refractivity contribution in [1.82, 2.24) is 4.90 Å². The first-order chi connectivity index (χ1) is 13.6. The number of carbonyl (C=O) groups excluding carboxylic acids is 1. The molecule has 0 fully saturated rings. The number of hydrogen-bond donors (Lipinski definition) is 0. The maximum Gasteiger partial charge on any atom is 0.260 e. The molecule has 0 saturated heterocycles. The van der Waals surface area contributed by atoms with E-state index >= 15 is 0 Å². The molecule has 0 aliphatic carbocycles. The lowest BCUT2D eigenvalue weighted by Crippen LogP contribution is -2.34. The molecule has 0 spiro atoms. The van der Waals surface area contributed by atoms with Crippen LogP contribution >= 0.6 is 0 Å². The molecule has 3 aromatic rings. The summed E-state index contributed by atoms with van der Waals surface area (Å²) in [4.78, 5) is 14.4. The molecule has 0 N–H and O–H groups in total. The molecule has 28 heavy (non-hydrogen) atoms. The Kier molecular flexibility index (Phi) is 6.37. The summed E-state index contributed by atoms with van der Waals surface area (Å²) in [5.74, 6) is 1.94. The third kappa shape index (κ3) is 4.55. The Balaban J connectivity index is 1.64. The predicted molar refractivity (Wildman–Crippen MR) is 110 cm³/mol. The van der Waals surface area contributed by atoms with Gasteiger partial charge in [-0.2, -0.15) is 0 Å². The van der Waals surface area contributed by atoms with Gasteiger partial charge < -0.3 is 19.1 Å². The quantitative estimate of drug-likeness (QED) is 0.586. The Labute approximate surface area is 165 Å². The minimum absolute atomic E-state index is 0.000526.